The fourth-order valence-electron chi connectivity index (χ4n) is 3.33. The van der Waals surface area contributed by atoms with E-state index in [1.807, 2.05) is 0 Å². The molecule has 0 aromatic carbocycles. The Labute approximate surface area is 176 Å². The number of hydrogen-bond donors (Lipinski definition) is 8. The topological polar surface area (TPSA) is 298 Å². The summed E-state index contributed by atoms with van der Waals surface area (Å²) < 4.78 is 0. The van der Waals surface area contributed by atoms with Crippen molar-refractivity contribution in [1.82, 2.24) is 0 Å². The van der Waals surface area contributed by atoms with Gasteiger partial charge in [-0.15, -0.1) is 0 Å². The number of carboxylic acid groups (broad SMARTS) is 8. The zero-order chi connectivity index (χ0) is 25.5. The summed E-state index contributed by atoms with van der Waals surface area (Å²) in [7, 11) is 0. The van der Waals surface area contributed by atoms with Gasteiger partial charge in [0.2, 0.25) is 0 Å². The maximum atomic E-state index is 11.8. The molecule has 0 rings (SSSR count). The van der Waals surface area contributed by atoms with Gasteiger partial charge in [-0.25, -0.2) is 0 Å². The highest BCUT2D eigenvalue weighted by molar-refractivity contribution is 5.93. The molecule has 0 bridgehead atoms. The molecular weight excluding hydrogens is 448 g/mol. The molecule has 0 heterocycles. The van der Waals surface area contributed by atoms with E-state index in [0.29, 0.717) is 0 Å². The fourth-order valence-corrected chi connectivity index (χ4v) is 3.33. The Bertz CT molecular complexity index is 760. The van der Waals surface area contributed by atoms with E-state index in [2.05, 4.69) is 0 Å². The Hall–Kier alpha value is -4.24. The molecule has 8 N–H and O–H groups in total. The minimum Gasteiger partial charge on any atom is -0.481 e. The van der Waals surface area contributed by atoms with Gasteiger partial charge in [0.05, 0.1) is 48.3 Å². The predicted octanol–water partition coefficient (Wildman–Crippen LogP) is -1.86. The monoisotopic (exact) mass is 466 g/mol. The molecule has 178 valence electrons. The average molecular weight is 466 g/mol. The van der Waals surface area contributed by atoms with Crippen molar-refractivity contribution in [2.75, 3.05) is 0 Å². The molecule has 0 saturated carbocycles. The number of hydrogen-bond acceptors (Lipinski definition) is 8. The summed E-state index contributed by atoms with van der Waals surface area (Å²) in [5.41, 5.74) is 0. The van der Waals surface area contributed by atoms with Gasteiger partial charge in [0.1, 0.15) is 0 Å². The fraction of sp³-hybridized carbons (Fsp3) is 0.500. The third kappa shape index (κ3) is 6.92. The molecule has 6 atom stereocenters. The smallest absolute Gasteiger partial charge is 0.308 e. The lowest BCUT2D eigenvalue weighted by atomic mass is 9.66. The predicted molar refractivity (Wildman–Crippen MR) is 91.3 cm³/mol. The summed E-state index contributed by atoms with van der Waals surface area (Å²) in [6.07, 6.45) is -3.00. The molecule has 0 radical (unpaired) electrons. The van der Waals surface area contributed by atoms with Crippen molar-refractivity contribution in [2.24, 2.45) is 35.5 Å². The van der Waals surface area contributed by atoms with Crippen LogP contribution >= 0.6 is 0 Å². The van der Waals surface area contributed by atoms with Crippen molar-refractivity contribution in [1.29, 1.82) is 0 Å². The molecule has 0 aromatic heterocycles. The Balaban J connectivity index is 7.02. The van der Waals surface area contributed by atoms with Crippen LogP contribution in [0, 0.1) is 35.5 Å². The van der Waals surface area contributed by atoms with E-state index in [9.17, 15) is 69.0 Å². The molecule has 16 heteroatoms. The van der Waals surface area contributed by atoms with E-state index in [4.69, 9.17) is 10.2 Å². The van der Waals surface area contributed by atoms with Gasteiger partial charge in [-0.1, -0.05) is 0 Å². The first-order valence-corrected chi connectivity index (χ1v) is 8.34. The van der Waals surface area contributed by atoms with Gasteiger partial charge >= 0.3 is 47.8 Å². The van der Waals surface area contributed by atoms with E-state index in [0.717, 1.165) is 0 Å². The summed E-state index contributed by atoms with van der Waals surface area (Å²) in [5, 5.41) is 73.8. The highest BCUT2D eigenvalue weighted by atomic mass is 16.4. The first kappa shape index (κ1) is 27.8. The van der Waals surface area contributed by atoms with Gasteiger partial charge in [-0.2, -0.15) is 0 Å². The standard InChI is InChI=1S/C16H18O16/c17-5(18)1-3(11(21)22)7(13(25)26)9(15(29)30)10(16(31)32)8(14(27)28)4(12(23)24)2-6(19)20/h3-4,7-10H,1-2H2,(H,17,18)(H,19,20)(H,21,22)(H,23,24)(H,25,26)(H,27,28)(H,29,30)(H,31,32). The zero-order valence-corrected chi connectivity index (χ0v) is 15.7. The zero-order valence-electron chi connectivity index (χ0n) is 15.7. The van der Waals surface area contributed by atoms with Crippen molar-refractivity contribution >= 4 is 47.8 Å². The quantitative estimate of drug-likeness (QED) is 0.131. The molecule has 0 fully saturated rings. The molecule has 16 nitrogen and oxygen atoms in total. The second kappa shape index (κ2) is 11.2. The number of carboxylic acids is 8. The van der Waals surface area contributed by atoms with Crippen molar-refractivity contribution in [2.45, 2.75) is 12.8 Å². The van der Waals surface area contributed by atoms with Crippen LogP contribution in [0.5, 0.6) is 0 Å². The minimum absolute atomic E-state index is 1.50. The maximum Gasteiger partial charge on any atom is 0.308 e. The van der Waals surface area contributed by atoms with Crippen LogP contribution in [0.4, 0.5) is 0 Å². The van der Waals surface area contributed by atoms with Crippen LogP contribution in [0.3, 0.4) is 0 Å². The molecular formula is C16H18O16. The summed E-state index contributed by atoms with van der Waals surface area (Å²) in [4.78, 5) is 91.8. The minimum atomic E-state index is -2.97. The van der Waals surface area contributed by atoms with Gasteiger partial charge < -0.3 is 40.9 Å². The van der Waals surface area contributed by atoms with E-state index in [1.165, 1.54) is 0 Å². The van der Waals surface area contributed by atoms with Gasteiger partial charge in [-0.05, 0) is 0 Å². The molecule has 0 aliphatic carbocycles. The molecule has 0 aliphatic rings. The van der Waals surface area contributed by atoms with Crippen LogP contribution < -0.4 is 0 Å². The molecule has 0 amide bonds. The third-order valence-corrected chi connectivity index (χ3v) is 4.59. The molecule has 0 saturated heterocycles. The number of rotatable bonds is 15. The highest BCUT2D eigenvalue weighted by Crippen LogP contribution is 2.38. The van der Waals surface area contributed by atoms with Gasteiger partial charge in [0, 0.05) is 0 Å². The lowest BCUT2D eigenvalue weighted by Crippen LogP contribution is -2.51. The van der Waals surface area contributed by atoms with Crippen molar-refractivity contribution in [3.8, 4) is 0 Å². The van der Waals surface area contributed by atoms with E-state index < -0.39 is 96.1 Å². The Morgan fingerprint density at radius 2 is 0.594 bits per heavy atom. The van der Waals surface area contributed by atoms with Gasteiger partial charge in [0.25, 0.3) is 0 Å². The normalized spacial score (nSPS) is 16.4. The SMILES string of the molecule is O=C(O)CC(C(=O)O)C(C(=O)O)C(C(=O)O)C(C(=O)O)C(C(=O)O)C(CC(=O)O)C(=O)O. The lowest BCUT2D eigenvalue weighted by Gasteiger charge is -2.33. The summed E-state index contributed by atoms with van der Waals surface area (Å²) in [6.45, 7) is 0. The lowest BCUT2D eigenvalue weighted by molar-refractivity contribution is -0.177. The summed E-state index contributed by atoms with van der Waals surface area (Å²) in [6, 6.07) is 0. The third-order valence-electron chi connectivity index (χ3n) is 4.59. The van der Waals surface area contributed by atoms with Crippen LogP contribution in [-0.2, 0) is 38.4 Å². The average Bonchev–Trinajstić information content (AvgIpc) is 2.59. The van der Waals surface area contributed by atoms with Crippen LogP contribution in [0.25, 0.3) is 0 Å². The highest BCUT2D eigenvalue weighted by Gasteiger charge is 2.56. The van der Waals surface area contributed by atoms with Gasteiger partial charge in [0.15, 0.2) is 0 Å². The Morgan fingerprint density at radius 3 is 0.719 bits per heavy atom. The Morgan fingerprint density at radius 1 is 0.375 bits per heavy atom. The summed E-state index contributed by atoms with van der Waals surface area (Å²) in [5.74, 6) is -34.3. The molecule has 0 aromatic rings. The second-order valence-electron chi connectivity index (χ2n) is 6.54. The van der Waals surface area contributed by atoms with E-state index >= 15 is 0 Å². The van der Waals surface area contributed by atoms with Crippen molar-refractivity contribution < 1.29 is 79.2 Å². The maximum absolute atomic E-state index is 11.8. The first-order chi connectivity index (χ1) is 14.5. The Kier molecular flexibility index (Phi) is 9.74. The largest absolute Gasteiger partial charge is 0.481 e. The van der Waals surface area contributed by atoms with E-state index in [-0.39, 0.29) is 0 Å². The van der Waals surface area contributed by atoms with Gasteiger partial charge in [-0.3, -0.25) is 38.4 Å². The molecule has 0 aliphatic heterocycles. The van der Waals surface area contributed by atoms with Crippen molar-refractivity contribution in [3.05, 3.63) is 0 Å². The first-order valence-electron chi connectivity index (χ1n) is 8.34. The molecule has 32 heavy (non-hydrogen) atoms. The molecule has 0 spiro atoms. The van der Waals surface area contributed by atoms with Crippen LogP contribution in [-0.4, -0.2) is 88.6 Å². The number of aliphatic carboxylic acids is 8. The number of carbonyl (C=O) groups is 8. The van der Waals surface area contributed by atoms with Crippen LogP contribution in [0.1, 0.15) is 12.8 Å². The van der Waals surface area contributed by atoms with Crippen molar-refractivity contribution in [3.63, 3.8) is 0 Å². The second-order valence-corrected chi connectivity index (χ2v) is 6.54. The van der Waals surface area contributed by atoms with Crippen LogP contribution in [0.15, 0.2) is 0 Å². The summed E-state index contributed by atoms with van der Waals surface area (Å²) >= 11 is 0. The molecule has 6 unspecified atom stereocenters. The van der Waals surface area contributed by atoms with E-state index in [1.54, 1.807) is 0 Å². The van der Waals surface area contributed by atoms with Crippen LogP contribution in [0.2, 0.25) is 0 Å².